The van der Waals surface area contributed by atoms with E-state index in [-0.39, 0.29) is 48.7 Å². The fraction of sp³-hybridized carbons (Fsp3) is 0.278. The first-order valence-electron chi connectivity index (χ1n) is 15.2. The van der Waals surface area contributed by atoms with Gasteiger partial charge in [-0.2, -0.15) is 5.10 Å². The van der Waals surface area contributed by atoms with E-state index in [1.807, 2.05) is 48.5 Å². The Morgan fingerprint density at radius 2 is 1.31 bits per heavy atom. The van der Waals surface area contributed by atoms with Crippen LogP contribution < -0.4 is 10.9 Å². The van der Waals surface area contributed by atoms with Gasteiger partial charge in [0, 0.05) is 41.6 Å². The normalized spacial score (nSPS) is 11.8. The first kappa shape index (κ1) is 32.7. The molecule has 5 rings (SSSR count). The van der Waals surface area contributed by atoms with Crippen molar-refractivity contribution in [3.05, 3.63) is 129 Å². The molecule has 0 spiro atoms. The summed E-state index contributed by atoms with van der Waals surface area (Å²) in [5.41, 5.74) is 5.92. The average Bonchev–Trinajstić information content (AvgIpc) is 3.07. The number of Topliss-reactive ketones (excluding diaryl/α,β-unsaturated/α-hetero) is 2. The minimum absolute atomic E-state index is 0.0359. The standard InChI is InChI=1S/C26H27N3O3.C10H10O3/c30-24(19-8-2-1-3-9-19)15-16-25(31)27-20-10-6-7-18(17-20)13-14-23-21-11-4-5-12-22(21)26(32)29-28-23;11-9(6-7-10(12)13)8-4-2-1-3-5-8/h1-3,6-10,17H,4-5,11-16H2,(H,27,31)(H,29,32);1-5H,6-7H2,(H,12,13). The fourth-order valence-electron chi connectivity index (χ4n) is 5.21. The van der Waals surface area contributed by atoms with Gasteiger partial charge in [0.15, 0.2) is 11.6 Å². The Hall–Kier alpha value is -5.18. The van der Waals surface area contributed by atoms with Crippen LogP contribution in [0.1, 0.15) is 81.6 Å². The molecule has 1 aromatic heterocycles. The van der Waals surface area contributed by atoms with Gasteiger partial charge in [-0.15, -0.1) is 0 Å². The molecule has 0 atom stereocenters. The van der Waals surface area contributed by atoms with Gasteiger partial charge in [-0.05, 0) is 61.8 Å². The van der Waals surface area contributed by atoms with Crippen LogP contribution in [-0.2, 0) is 35.3 Å². The van der Waals surface area contributed by atoms with Crippen molar-refractivity contribution >= 4 is 29.1 Å². The van der Waals surface area contributed by atoms with Gasteiger partial charge in [-0.1, -0.05) is 72.8 Å². The number of hydrogen-bond acceptors (Lipinski definition) is 6. The lowest BCUT2D eigenvalue weighted by Crippen LogP contribution is -2.23. The van der Waals surface area contributed by atoms with E-state index in [2.05, 4.69) is 15.5 Å². The molecular formula is C36H37N3O6. The van der Waals surface area contributed by atoms with Gasteiger partial charge in [-0.3, -0.25) is 24.0 Å². The quantitative estimate of drug-likeness (QED) is 0.173. The summed E-state index contributed by atoms with van der Waals surface area (Å²) >= 11 is 0. The Balaban J connectivity index is 0.000000297. The molecule has 4 aromatic rings. The van der Waals surface area contributed by atoms with Crippen LogP contribution in [0, 0.1) is 0 Å². The van der Waals surface area contributed by atoms with Crippen LogP contribution in [0.25, 0.3) is 0 Å². The van der Waals surface area contributed by atoms with Crippen molar-refractivity contribution in [2.24, 2.45) is 0 Å². The van der Waals surface area contributed by atoms with Gasteiger partial charge in [0.25, 0.3) is 5.56 Å². The lowest BCUT2D eigenvalue weighted by Gasteiger charge is -2.17. The zero-order chi connectivity index (χ0) is 32.0. The summed E-state index contributed by atoms with van der Waals surface area (Å²) < 4.78 is 0. The van der Waals surface area contributed by atoms with Crippen LogP contribution in [0.15, 0.2) is 89.7 Å². The van der Waals surface area contributed by atoms with Crippen LogP contribution >= 0.6 is 0 Å². The third-order valence-corrected chi connectivity index (χ3v) is 7.58. The third kappa shape index (κ3) is 10.2. The zero-order valence-corrected chi connectivity index (χ0v) is 25.1. The number of carboxylic acid groups (broad SMARTS) is 1. The molecule has 1 aliphatic rings. The molecule has 45 heavy (non-hydrogen) atoms. The van der Waals surface area contributed by atoms with Crippen LogP contribution in [0.5, 0.6) is 0 Å². The van der Waals surface area contributed by atoms with E-state index in [9.17, 15) is 24.0 Å². The van der Waals surface area contributed by atoms with E-state index in [0.29, 0.717) is 11.1 Å². The topological polar surface area (TPSA) is 146 Å². The molecule has 1 amide bonds. The molecule has 9 heteroatoms. The summed E-state index contributed by atoms with van der Waals surface area (Å²) in [5.74, 6) is -1.28. The second-order valence-corrected chi connectivity index (χ2v) is 10.9. The van der Waals surface area contributed by atoms with Crippen LogP contribution in [0.3, 0.4) is 0 Å². The average molecular weight is 608 g/mol. The highest BCUT2D eigenvalue weighted by molar-refractivity contribution is 6.00. The van der Waals surface area contributed by atoms with Crippen molar-refractivity contribution in [2.75, 3.05) is 5.32 Å². The Bertz CT molecular complexity index is 1680. The van der Waals surface area contributed by atoms with E-state index in [1.165, 1.54) is 0 Å². The van der Waals surface area contributed by atoms with Crippen molar-refractivity contribution < 1.29 is 24.3 Å². The van der Waals surface area contributed by atoms with E-state index < -0.39 is 5.97 Å². The number of anilines is 1. The number of aromatic amines is 1. The molecule has 3 aromatic carbocycles. The van der Waals surface area contributed by atoms with Crippen LogP contribution in [0.2, 0.25) is 0 Å². The summed E-state index contributed by atoms with van der Waals surface area (Å²) in [6.45, 7) is 0. The minimum atomic E-state index is -0.940. The summed E-state index contributed by atoms with van der Waals surface area (Å²) in [6, 6.07) is 25.4. The molecule has 0 radical (unpaired) electrons. The molecular weight excluding hydrogens is 570 g/mol. The zero-order valence-electron chi connectivity index (χ0n) is 25.1. The van der Waals surface area contributed by atoms with Gasteiger partial charge in [-0.25, -0.2) is 5.10 Å². The maximum atomic E-state index is 12.3. The number of ketones is 2. The van der Waals surface area contributed by atoms with E-state index >= 15 is 0 Å². The van der Waals surface area contributed by atoms with Gasteiger partial charge in [0.1, 0.15) is 0 Å². The molecule has 9 nitrogen and oxygen atoms in total. The van der Waals surface area contributed by atoms with Crippen molar-refractivity contribution in [3.8, 4) is 0 Å². The third-order valence-electron chi connectivity index (χ3n) is 7.58. The summed E-state index contributed by atoms with van der Waals surface area (Å²) in [4.78, 5) is 58.0. The van der Waals surface area contributed by atoms with E-state index in [1.54, 1.807) is 36.4 Å². The Morgan fingerprint density at radius 1 is 0.711 bits per heavy atom. The maximum Gasteiger partial charge on any atom is 0.303 e. The number of hydrogen-bond donors (Lipinski definition) is 3. The van der Waals surface area contributed by atoms with Crippen molar-refractivity contribution in [2.45, 2.75) is 64.2 Å². The molecule has 0 aliphatic heterocycles. The Labute approximate surface area is 261 Å². The van der Waals surface area contributed by atoms with Crippen molar-refractivity contribution in [1.82, 2.24) is 10.2 Å². The predicted octanol–water partition coefficient (Wildman–Crippen LogP) is 5.77. The van der Waals surface area contributed by atoms with E-state index in [0.717, 1.165) is 66.6 Å². The molecule has 0 saturated heterocycles. The second-order valence-electron chi connectivity index (χ2n) is 10.9. The summed E-state index contributed by atoms with van der Waals surface area (Å²) in [5, 5.41) is 18.2. The number of carbonyl (C=O) groups excluding carboxylic acids is 3. The molecule has 0 unspecified atom stereocenters. The number of nitrogens with zero attached hydrogens (tertiary/aromatic N) is 1. The highest BCUT2D eigenvalue weighted by atomic mass is 16.4. The molecule has 232 valence electrons. The minimum Gasteiger partial charge on any atom is -0.481 e. The maximum absolute atomic E-state index is 12.3. The second kappa shape index (κ2) is 16.6. The number of aliphatic carboxylic acids is 1. The van der Waals surface area contributed by atoms with Gasteiger partial charge >= 0.3 is 5.97 Å². The van der Waals surface area contributed by atoms with Crippen LogP contribution in [0.4, 0.5) is 5.69 Å². The first-order chi connectivity index (χ1) is 21.8. The molecule has 3 N–H and O–H groups in total. The number of H-pyrrole nitrogens is 1. The van der Waals surface area contributed by atoms with Gasteiger partial charge in [0.2, 0.25) is 5.91 Å². The number of nitrogens with one attached hydrogen (secondary N) is 2. The fourth-order valence-corrected chi connectivity index (χ4v) is 5.21. The number of benzene rings is 3. The van der Waals surface area contributed by atoms with Crippen molar-refractivity contribution in [1.29, 1.82) is 0 Å². The largest absolute Gasteiger partial charge is 0.481 e. The number of aryl methyl sites for hydroxylation is 2. The Morgan fingerprint density at radius 3 is 1.93 bits per heavy atom. The molecule has 0 bridgehead atoms. The number of amides is 1. The monoisotopic (exact) mass is 607 g/mol. The first-order valence-corrected chi connectivity index (χ1v) is 15.2. The molecule has 1 heterocycles. The lowest BCUT2D eigenvalue weighted by atomic mass is 9.90. The summed E-state index contributed by atoms with van der Waals surface area (Å²) in [6.07, 6.45) is 5.69. The molecule has 1 aliphatic carbocycles. The summed E-state index contributed by atoms with van der Waals surface area (Å²) in [7, 11) is 0. The van der Waals surface area contributed by atoms with Gasteiger partial charge < -0.3 is 10.4 Å². The number of fused-ring (bicyclic) bond motifs is 1. The number of carboxylic acids is 1. The van der Waals surface area contributed by atoms with Gasteiger partial charge in [0.05, 0.1) is 12.1 Å². The lowest BCUT2D eigenvalue weighted by molar-refractivity contribution is -0.137. The number of rotatable bonds is 12. The van der Waals surface area contributed by atoms with Crippen molar-refractivity contribution in [3.63, 3.8) is 0 Å². The van der Waals surface area contributed by atoms with Crippen LogP contribution in [-0.4, -0.2) is 38.7 Å². The smallest absolute Gasteiger partial charge is 0.303 e. The van der Waals surface area contributed by atoms with E-state index in [4.69, 9.17) is 5.11 Å². The highest BCUT2D eigenvalue weighted by Gasteiger charge is 2.18. The number of carbonyl (C=O) groups is 4. The molecule has 0 saturated carbocycles. The Kier molecular flexibility index (Phi) is 12.1. The SMILES string of the molecule is O=C(CCC(=O)c1ccccc1)Nc1cccc(CCc2n[nH]c(=O)c3c2CCCC3)c1.O=C(O)CCC(=O)c1ccccc1. The highest BCUT2D eigenvalue weighted by Crippen LogP contribution is 2.22. The molecule has 0 fully saturated rings. The predicted molar refractivity (Wildman–Crippen MR) is 172 cm³/mol. The number of aromatic nitrogens is 2.